The van der Waals surface area contributed by atoms with Crippen molar-refractivity contribution in [3.05, 3.63) is 12.2 Å². The quantitative estimate of drug-likeness (QED) is 0.442. The van der Waals surface area contributed by atoms with Crippen LogP contribution in [0.3, 0.4) is 0 Å². The molecule has 1 heterocycles. The first kappa shape index (κ1) is 15.3. The number of carbonyl (C=O) groups excluding carboxylic acids is 3. The number of esters is 1. The lowest BCUT2D eigenvalue weighted by Crippen LogP contribution is -2.36. The van der Waals surface area contributed by atoms with E-state index in [0.29, 0.717) is 6.54 Å². The number of ether oxygens (including phenoxy) is 1. The Morgan fingerprint density at radius 3 is 2.64 bits per heavy atom. The highest BCUT2D eigenvalue weighted by Crippen LogP contribution is 2.57. The molecule has 2 aliphatic carbocycles. The Hall–Kier alpha value is -1.65. The van der Waals surface area contributed by atoms with Crippen LogP contribution in [0.5, 0.6) is 0 Å². The van der Waals surface area contributed by atoms with Crippen LogP contribution in [0.1, 0.15) is 39.5 Å². The van der Waals surface area contributed by atoms with Gasteiger partial charge in [0.2, 0.25) is 11.8 Å². The van der Waals surface area contributed by atoms with Crippen molar-refractivity contribution in [2.45, 2.75) is 45.6 Å². The minimum Gasteiger partial charge on any atom is -0.462 e. The number of nitrogens with zero attached hydrogens (tertiary/aromatic N) is 1. The van der Waals surface area contributed by atoms with Crippen LogP contribution >= 0.6 is 0 Å². The van der Waals surface area contributed by atoms with Gasteiger partial charge >= 0.3 is 5.97 Å². The summed E-state index contributed by atoms with van der Waals surface area (Å²) in [5, 5.41) is 0. The van der Waals surface area contributed by atoms with Gasteiger partial charge in [0.05, 0.1) is 11.8 Å². The van der Waals surface area contributed by atoms with Crippen molar-refractivity contribution >= 4 is 17.8 Å². The summed E-state index contributed by atoms with van der Waals surface area (Å²) in [7, 11) is 0. The van der Waals surface area contributed by atoms with E-state index >= 15 is 0 Å². The van der Waals surface area contributed by atoms with Crippen molar-refractivity contribution < 1.29 is 19.1 Å². The maximum atomic E-state index is 12.6. The standard InChI is InChI=1S/C17H23NO4/c1-3-4-5-6-7-18-16(20)14-11-8-12(15(14)17(18)21)13(9-11)22-10(2)19/h5-6,11-15H,3-4,7-9H2,1-2H3/b6-5-. The van der Waals surface area contributed by atoms with Crippen molar-refractivity contribution in [1.82, 2.24) is 4.90 Å². The molecule has 2 bridgehead atoms. The predicted molar refractivity (Wildman–Crippen MR) is 79.5 cm³/mol. The SMILES string of the molecule is CCC/C=C\CN1C(=O)C2C3CC(OC(C)=O)C(C3)C2C1=O. The third-order valence-corrected chi connectivity index (χ3v) is 5.27. The third-order valence-electron chi connectivity index (χ3n) is 5.27. The first-order chi connectivity index (χ1) is 10.5. The van der Waals surface area contributed by atoms with Crippen LogP contribution in [0.4, 0.5) is 0 Å². The molecule has 0 aromatic heterocycles. The number of unbranched alkanes of at least 4 members (excludes halogenated alkanes) is 1. The molecular formula is C17H23NO4. The summed E-state index contributed by atoms with van der Waals surface area (Å²) < 4.78 is 5.35. The van der Waals surface area contributed by atoms with Gasteiger partial charge in [0, 0.05) is 19.4 Å². The normalized spacial score (nSPS) is 36.5. The van der Waals surface area contributed by atoms with Crippen molar-refractivity contribution in [3.63, 3.8) is 0 Å². The van der Waals surface area contributed by atoms with Crippen LogP contribution in [0.25, 0.3) is 0 Å². The van der Waals surface area contributed by atoms with E-state index in [1.165, 1.54) is 11.8 Å². The minimum atomic E-state index is -0.301. The number of hydrogen-bond acceptors (Lipinski definition) is 4. The van der Waals surface area contributed by atoms with Crippen LogP contribution in [0.2, 0.25) is 0 Å². The van der Waals surface area contributed by atoms with Crippen LogP contribution in [0.15, 0.2) is 12.2 Å². The lowest BCUT2D eigenvalue weighted by molar-refractivity contribution is -0.152. The number of amides is 2. The fraction of sp³-hybridized carbons (Fsp3) is 0.706. The van der Waals surface area contributed by atoms with Gasteiger partial charge in [-0.05, 0) is 25.2 Å². The first-order valence-electron chi connectivity index (χ1n) is 8.22. The van der Waals surface area contributed by atoms with Gasteiger partial charge in [-0.1, -0.05) is 25.5 Å². The molecule has 3 aliphatic rings. The Labute approximate surface area is 130 Å². The van der Waals surface area contributed by atoms with Gasteiger partial charge in [-0.25, -0.2) is 0 Å². The van der Waals surface area contributed by atoms with Gasteiger partial charge in [-0.3, -0.25) is 19.3 Å². The molecule has 3 fully saturated rings. The van der Waals surface area contributed by atoms with E-state index in [2.05, 4.69) is 6.92 Å². The average molecular weight is 305 g/mol. The van der Waals surface area contributed by atoms with E-state index in [9.17, 15) is 14.4 Å². The highest BCUT2D eigenvalue weighted by Gasteiger charge is 2.64. The maximum absolute atomic E-state index is 12.6. The Kier molecular flexibility index (Phi) is 4.06. The van der Waals surface area contributed by atoms with Crippen LogP contribution in [0, 0.1) is 23.7 Å². The summed E-state index contributed by atoms with van der Waals surface area (Å²) in [6, 6.07) is 0. The highest BCUT2D eigenvalue weighted by molar-refractivity contribution is 6.06. The van der Waals surface area contributed by atoms with Crippen LogP contribution in [-0.2, 0) is 19.1 Å². The van der Waals surface area contributed by atoms with Crippen molar-refractivity contribution in [2.75, 3.05) is 6.54 Å². The van der Waals surface area contributed by atoms with Crippen molar-refractivity contribution in [3.8, 4) is 0 Å². The Morgan fingerprint density at radius 2 is 1.95 bits per heavy atom. The van der Waals surface area contributed by atoms with Crippen LogP contribution in [-0.4, -0.2) is 35.3 Å². The molecule has 0 aromatic rings. The summed E-state index contributed by atoms with van der Waals surface area (Å²) in [5.41, 5.74) is 0. The molecule has 120 valence electrons. The topological polar surface area (TPSA) is 63.7 Å². The van der Waals surface area contributed by atoms with Gasteiger partial charge in [0.25, 0.3) is 0 Å². The minimum absolute atomic E-state index is 0.0232. The van der Waals surface area contributed by atoms with E-state index in [1.807, 2.05) is 12.2 Å². The summed E-state index contributed by atoms with van der Waals surface area (Å²) in [6.07, 6.45) is 7.32. The number of rotatable bonds is 5. The molecule has 0 aromatic carbocycles. The number of allylic oxidation sites excluding steroid dienone is 1. The van der Waals surface area contributed by atoms with Gasteiger partial charge in [-0.2, -0.15) is 0 Å². The molecule has 5 nitrogen and oxygen atoms in total. The first-order valence-corrected chi connectivity index (χ1v) is 8.22. The van der Waals surface area contributed by atoms with E-state index in [4.69, 9.17) is 4.74 Å². The highest BCUT2D eigenvalue weighted by atomic mass is 16.5. The zero-order valence-corrected chi connectivity index (χ0v) is 13.2. The molecule has 1 saturated heterocycles. The zero-order valence-electron chi connectivity index (χ0n) is 13.2. The molecule has 2 amide bonds. The Balaban J connectivity index is 1.71. The second kappa shape index (κ2) is 5.86. The summed E-state index contributed by atoms with van der Waals surface area (Å²) >= 11 is 0. The third kappa shape index (κ3) is 2.36. The molecule has 5 unspecified atom stereocenters. The number of imide groups is 1. The monoisotopic (exact) mass is 305 g/mol. The maximum Gasteiger partial charge on any atom is 0.302 e. The summed E-state index contributed by atoms with van der Waals surface area (Å²) in [5.74, 6) is -0.616. The van der Waals surface area contributed by atoms with Crippen molar-refractivity contribution in [2.24, 2.45) is 23.7 Å². The molecule has 0 radical (unpaired) electrons. The summed E-state index contributed by atoms with van der Waals surface area (Å²) in [4.78, 5) is 37.7. The molecule has 1 aliphatic heterocycles. The number of carbonyl (C=O) groups is 3. The van der Waals surface area contributed by atoms with Crippen molar-refractivity contribution in [1.29, 1.82) is 0 Å². The fourth-order valence-electron chi connectivity index (χ4n) is 4.45. The molecular weight excluding hydrogens is 282 g/mol. The Morgan fingerprint density at radius 1 is 1.23 bits per heavy atom. The average Bonchev–Trinajstić information content (AvgIpc) is 3.09. The lowest BCUT2D eigenvalue weighted by Gasteiger charge is -2.27. The molecule has 0 N–H and O–H groups in total. The molecule has 3 rings (SSSR count). The van der Waals surface area contributed by atoms with Gasteiger partial charge < -0.3 is 4.74 Å². The van der Waals surface area contributed by atoms with Gasteiger partial charge in [0.15, 0.2) is 0 Å². The number of hydrogen-bond donors (Lipinski definition) is 0. The van der Waals surface area contributed by atoms with E-state index in [0.717, 1.165) is 25.7 Å². The zero-order chi connectivity index (χ0) is 15.9. The van der Waals surface area contributed by atoms with E-state index in [-0.39, 0.29) is 47.6 Å². The van der Waals surface area contributed by atoms with E-state index < -0.39 is 0 Å². The molecule has 5 atom stereocenters. The second-order valence-electron chi connectivity index (χ2n) is 6.64. The van der Waals surface area contributed by atoms with Gasteiger partial charge in [0.1, 0.15) is 6.10 Å². The molecule has 22 heavy (non-hydrogen) atoms. The molecule has 5 heteroatoms. The van der Waals surface area contributed by atoms with E-state index in [1.54, 1.807) is 0 Å². The number of likely N-dealkylation sites (tertiary alicyclic amines) is 1. The smallest absolute Gasteiger partial charge is 0.302 e. The summed E-state index contributed by atoms with van der Waals surface area (Å²) in [6.45, 7) is 3.87. The lowest BCUT2D eigenvalue weighted by atomic mass is 9.79. The predicted octanol–water partition coefficient (Wildman–Crippen LogP) is 1.92. The second-order valence-corrected chi connectivity index (χ2v) is 6.64. The molecule has 0 spiro atoms. The van der Waals surface area contributed by atoms with Crippen LogP contribution < -0.4 is 0 Å². The Bertz CT molecular complexity index is 527. The molecule has 2 saturated carbocycles. The largest absolute Gasteiger partial charge is 0.462 e. The number of fused-ring (bicyclic) bond motifs is 5. The fourth-order valence-corrected chi connectivity index (χ4v) is 4.45. The van der Waals surface area contributed by atoms with Gasteiger partial charge in [-0.15, -0.1) is 0 Å².